The van der Waals surface area contributed by atoms with Crippen molar-refractivity contribution in [2.45, 2.75) is 6.92 Å². The maximum absolute atomic E-state index is 12.2. The second-order valence-corrected chi connectivity index (χ2v) is 5.15. The van der Waals surface area contributed by atoms with Gasteiger partial charge < -0.3 is 20.1 Å². The minimum atomic E-state index is -0.579. The van der Waals surface area contributed by atoms with Crippen LogP contribution in [0.3, 0.4) is 0 Å². The molecule has 0 radical (unpaired) electrons. The summed E-state index contributed by atoms with van der Waals surface area (Å²) in [5.74, 6) is -0.290. The van der Waals surface area contributed by atoms with E-state index in [9.17, 15) is 14.4 Å². The summed E-state index contributed by atoms with van der Waals surface area (Å²) in [6.07, 6.45) is 0. The predicted octanol–water partition coefficient (Wildman–Crippen LogP) is 2.20. The van der Waals surface area contributed by atoms with Gasteiger partial charge in [0.2, 0.25) is 5.91 Å². The Hall–Kier alpha value is -3.35. The molecule has 3 rings (SSSR count). The van der Waals surface area contributed by atoms with Gasteiger partial charge in [0.15, 0.2) is 6.61 Å². The van der Waals surface area contributed by atoms with Crippen LogP contribution in [0.2, 0.25) is 0 Å². The van der Waals surface area contributed by atoms with Crippen molar-refractivity contribution >= 4 is 29.2 Å². The second kappa shape index (κ2) is 6.41. The summed E-state index contributed by atoms with van der Waals surface area (Å²) in [5, 5.41) is 5.24. The zero-order chi connectivity index (χ0) is 17.1. The van der Waals surface area contributed by atoms with Gasteiger partial charge in [-0.3, -0.25) is 9.59 Å². The lowest BCUT2D eigenvalue weighted by molar-refractivity contribution is -0.118. The lowest BCUT2D eigenvalue weighted by atomic mass is 10.2. The average Bonchev–Trinajstić information content (AvgIpc) is 2.54. The Kier molecular flexibility index (Phi) is 4.15. The van der Waals surface area contributed by atoms with Crippen LogP contribution in [0.15, 0.2) is 42.5 Å². The molecule has 7 nitrogen and oxygen atoms in total. The molecule has 2 aromatic carbocycles. The van der Waals surface area contributed by atoms with E-state index in [1.54, 1.807) is 30.3 Å². The summed E-state index contributed by atoms with van der Waals surface area (Å²) in [6.45, 7) is 1.34. The van der Waals surface area contributed by atoms with Gasteiger partial charge in [0.1, 0.15) is 11.5 Å². The summed E-state index contributed by atoms with van der Waals surface area (Å²) in [6, 6.07) is 11.1. The molecular formula is C17H14N2O5. The number of benzene rings is 2. The Bertz CT molecular complexity index is 831. The van der Waals surface area contributed by atoms with Crippen molar-refractivity contribution in [3.63, 3.8) is 0 Å². The molecule has 0 atom stereocenters. The normalized spacial score (nSPS) is 12.5. The largest absolute Gasteiger partial charge is 0.482 e. The van der Waals surface area contributed by atoms with Gasteiger partial charge in [-0.1, -0.05) is 6.07 Å². The monoisotopic (exact) mass is 326 g/mol. The fourth-order valence-electron chi connectivity index (χ4n) is 2.22. The molecule has 2 N–H and O–H groups in total. The third-order valence-corrected chi connectivity index (χ3v) is 3.21. The van der Waals surface area contributed by atoms with E-state index in [1.807, 2.05) is 0 Å². The number of hydrogen-bond donors (Lipinski definition) is 2. The molecule has 0 spiro atoms. The van der Waals surface area contributed by atoms with Crippen molar-refractivity contribution in [2.24, 2.45) is 0 Å². The van der Waals surface area contributed by atoms with Gasteiger partial charge in [-0.2, -0.15) is 0 Å². The van der Waals surface area contributed by atoms with Gasteiger partial charge in [0.05, 0.1) is 11.3 Å². The average molecular weight is 326 g/mol. The number of carbonyl (C=O) groups is 3. The van der Waals surface area contributed by atoms with Crippen LogP contribution < -0.4 is 20.1 Å². The van der Waals surface area contributed by atoms with Crippen molar-refractivity contribution in [3.05, 3.63) is 48.0 Å². The molecule has 1 heterocycles. The number of anilines is 2. The van der Waals surface area contributed by atoms with E-state index in [-0.39, 0.29) is 24.2 Å². The lowest BCUT2D eigenvalue weighted by Gasteiger charge is -2.18. The maximum atomic E-state index is 12.2. The molecule has 2 aromatic rings. The van der Waals surface area contributed by atoms with Crippen LogP contribution in [0, 0.1) is 0 Å². The summed E-state index contributed by atoms with van der Waals surface area (Å²) >= 11 is 0. The first-order valence-corrected chi connectivity index (χ1v) is 7.18. The number of fused-ring (bicyclic) bond motifs is 1. The summed E-state index contributed by atoms with van der Waals surface area (Å²) in [4.78, 5) is 34.6. The number of hydrogen-bond acceptors (Lipinski definition) is 5. The van der Waals surface area contributed by atoms with E-state index in [0.717, 1.165) is 0 Å². The van der Waals surface area contributed by atoms with Crippen molar-refractivity contribution in [1.82, 2.24) is 0 Å². The van der Waals surface area contributed by atoms with Crippen LogP contribution in [-0.2, 0) is 9.59 Å². The van der Waals surface area contributed by atoms with Gasteiger partial charge in [-0.15, -0.1) is 0 Å². The van der Waals surface area contributed by atoms with Gasteiger partial charge >= 0.3 is 5.97 Å². The minimum Gasteiger partial charge on any atom is -0.482 e. The van der Waals surface area contributed by atoms with Crippen molar-refractivity contribution in [1.29, 1.82) is 0 Å². The Morgan fingerprint density at radius 3 is 2.83 bits per heavy atom. The molecule has 0 unspecified atom stereocenters. The van der Waals surface area contributed by atoms with Crippen molar-refractivity contribution < 1.29 is 23.9 Å². The molecule has 24 heavy (non-hydrogen) atoms. The number of nitrogens with one attached hydrogen (secondary N) is 2. The summed E-state index contributed by atoms with van der Waals surface area (Å²) < 4.78 is 10.5. The standard InChI is InChI=1S/C17H14N2O5/c1-10(20)18-12-4-2-3-11(7-12)17(22)24-13-5-6-15-14(8-13)19-16(21)9-23-15/h2-8H,9H2,1H3,(H,18,20)(H,19,21). The Labute approximate surface area is 137 Å². The van der Waals surface area contributed by atoms with E-state index >= 15 is 0 Å². The van der Waals surface area contributed by atoms with Crippen LogP contribution in [-0.4, -0.2) is 24.4 Å². The van der Waals surface area contributed by atoms with Crippen LogP contribution in [0.1, 0.15) is 17.3 Å². The Balaban J connectivity index is 1.76. The molecule has 2 amide bonds. The molecule has 0 saturated carbocycles. The number of amides is 2. The van der Waals surface area contributed by atoms with Gasteiger partial charge in [0.25, 0.3) is 5.91 Å². The topological polar surface area (TPSA) is 93.7 Å². The SMILES string of the molecule is CC(=O)Nc1cccc(C(=O)Oc2ccc3c(c2)NC(=O)CO3)c1. The highest BCUT2D eigenvalue weighted by Crippen LogP contribution is 2.31. The quantitative estimate of drug-likeness (QED) is 0.666. The zero-order valence-electron chi connectivity index (χ0n) is 12.8. The van der Waals surface area contributed by atoms with Crippen molar-refractivity contribution in [2.75, 3.05) is 17.2 Å². The molecule has 0 saturated heterocycles. The predicted molar refractivity (Wildman–Crippen MR) is 86.3 cm³/mol. The number of carbonyl (C=O) groups excluding carboxylic acids is 3. The highest BCUT2D eigenvalue weighted by molar-refractivity contribution is 5.97. The van der Waals surface area contributed by atoms with E-state index in [2.05, 4.69) is 10.6 Å². The zero-order valence-corrected chi connectivity index (χ0v) is 12.8. The number of rotatable bonds is 3. The second-order valence-electron chi connectivity index (χ2n) is 5.15. The molecule has 0 aromatic heterocycles. The summed E-state index contributed by atoms with van der Waals surface area (Å²) in [5.41, 5.74) is 1.24. The lowest BCUT2D eigenvalue weighted by Crippen LogP contribution is -2.25. The molecule has 0 fully saturated rings. The first-order chi connectivity index (χ1) is 11.5. The van der Waals surface area contributed by atoms with E-state index < -0.39 is 5.97 Å². The van der Waals surface area contributed by atoms with Crippen LogP contribution >= 0.6 is 0 Å². The van der Waals surface area contributed by atoms with Gasteiger partial charge in [-0.05, 0) is 30.3 Å². The third kappa shape index (κ3) is 3.52. The molecule has 0 aliphatic carbocycles. The number of esters is 1. The van der Waals surface area contributed by atoms with E-state index in [0.29, 0.717) is 22.7 Å². The molecule has 0 bridgehead atoms. The molecule has 122 valence electrons. The van der Waals surface area contributed by atoms with Crippen LogP contribution in [0.25, 0.3) is 0 Å². The van der Waals surface area contributed by atoms with Gasteiger partial charge in [0, 0.05) is 18.7 Å². The van der Waals surface area contributed by atoms with E-state index in [4.69, 9.17) is 9.47 Å². The highest BCUT2D eigenvalue weighted by Gasteiger charge is 2.17. The first kappa shape index (κ1) is 15.5. The Morgan fingerprint density at radius 2 is 2.04 bits per heavy atom. The Morgan fingerprint density at radius 1 is 1.21 bits per heavy atom. The smallest absolute Gasteiger partial charge is 0.343 e. The maximum Gasteiger partial charge on any atom is 0.343 e. The van der Waals surface area contributed by atoms with Gasteiger partial charge in [-0.25, -0.2) is 4.79 Å². The van der Waals surface area contributed by atoms with Crippen LogP contribution in [0.5, 0.6) is 11.5 Å². The summed E-state index contributed by atoms with van der Waals surface area (Å²) in [7, 11) is 0. The highest BCUT2D eigenvalue weighted by atomic mass is 16.5. The van der Waals surface area contributed by atoms with E-state index in [1.165, 1.54) is 19.1 Å². The molecular weight excluding hydrogens is 312 g/mol. The fourth-order valence-corrected chi connectivity index (χ4v) is 2.22. The first-order valence-electron chi connectivity index (χ1n) is 7.18. The minimum absolute atomic E-state index is 0.0396. The van der Waals surface area contributed by atoms with Crippen LogP contribution in [0.4, 0.5) is 11.4 Å². The van der Waals surface area contributed by atoms with Crippen molar-refractivity contribution in [3.8, 4) is 11.5 Å². The molecule has 1 aliphatic rings. The molecule has 1 aliphatic heterocycles. The number of ether oxygens (including phenoxy) is 2. The molecule has 7 heteroatoms. The third-order valence-electron chi connectivity index (χ3n) is 3.21. The fraction of sp³-hybridized carbons (Fsp3) is 0.118.